The van der Waals surface area contributed by atoms with Crippen molar-refractivity contribution in [3.05, 3.63) is 59.9 Å². The molecule has 122 valence electrons. The van der Waals surface area contributed by atoms with E-state index in [0.717, 1.165) is 16.3 Å². The zero-order chi connectivity index (χ0) is 16.8. The fourth-order valence-corrected chi connectivity index (χ4v) is 2.85. The first-order valence-electron chi connectivity index (χ1n) is 7.36. The van der Waals surface area contributed by atoms with Crippen LogP contribution in [-0.4, -0.2) is 34.5 Å². The molecule has 0 bridgehead atoms. The van der Waals surface area contributed by atoms with Crippen LogP contribution in [0.5, 0.6) is 0 Å². The second-order valence-corrected chi connectivity index (χ2v) is 5.93. The second kappa shape index (κ2) is 7.65. The first-order valence-corrected chi connectivity index (χ1v) is 8.24. The van der Waals surface area contributed by atoms with Gasteiger partial charge in [-0.25, -0.2) is 15.0 Å². The van der Waals surface area contributed by atoms with E-state index in [2.05, 4.69) is 15.0 Å². The molecule has 0 atom stereocenters. The summed E-state index contributed by atoms with van der Waals surface area (Å²) in [7, 11) is 1.74. The van der Waals surface area contributed by atoms with Gasteiger partial charge in [-0.05, 0) is 6.07 Å². The van der Waals surface area contributed by atoms with Crippen LogP contribution in [-0.2, 0) is 16.1 Å². The normalized spacial score (nSPS) is 10.4. The van der Waals surface area contributed by atoms with Crippen LogP contribution < -0.4 is 4.90 Å². The average Bonchev–Trinajstić information content (AvgIpc) is 3.10. The maximum atomic E-state index is 11.9. The Labute approximate surface area is 143 Å². The van der Waals surface area contributed by atoms with Gasteiger partial charge in [0, 0.05) is 30.4 Å². The van der Waals surface area contributed by atoms with E-state index in [-0.39, 0.29) is 19.1 Å². The number of thiazole rings is 1. The minimum absolute atomic E-state index is 0.0830. The van der Waals surface area contributed by atoms with Gasteiger partial charge in [-0.3, -0.25) is 4.79 Å². The maximum absolute atomic E-state index is 11.9. The van der Waals surface area contributed by atoms with E-state index in [4.69, 9.17) is 4.74 Å². The third-order valence-electron chi connectivity index (χ3n) is 3.21. The zero-order valence-electron chi connectivity index (χ0n) is 13.1. The Hall–Kier alpha value is -2.80. The van der Waals surface area contributed by atoms with Crippen molar-refractivity contribution in [3.63, 3.8) is 0 Å². The van der Waals surface area contributed by atoms with Crippen LogP contribution in [0.3, 0.4) is 0 Å². The number of aromatic nitrogens is 3. The molecule has 0 amide bonds. The highest BCUT2D eigenvalue weighted by molar-refractivity contribution is 7.13. The number of ether oxygens (including phenoxy) is 1. The van der Waals surface area contributed by atoms with Crippen molar-refractivity contribution in [2.24, 2.45) is 0 Å². The lowest BCUT2D eigenvalue weighted by atomic mass is 10.2. The summed E-state index contributed by atoms with van der Waals surface area (Å²) in [6, 6.07) is 11.6. The van der Waals surface area contributed by atoms with Crippen molar-refractivity contribution in [2.45, 2.75) is 6.61 Å². The number of rotatable bonds is 6. The zero-order valence-corrected chi connectivity index (χ0v) is 13.9. The SMILES string of the molecule is CN(CC(=O)OCc1csc(-c2ccccc2)n1)c1ncccn1. The van der Waals surface area contributed by atoms with E-state index in [1.807, 2.05) is 35.7 Å². The third-order valence-corrected chi connectivity index (χ3v) is 4.15. The van der Waals surface area contributed by atoms with Crippen LogP contribution in [0.1, 0.15) is 5.69 Å². The Bertz CT molecular complexity index is 793. The summed E-state index contributed by atoms with van der Waals surface area (Å²) in [5, 5.41) is 2.82. The number of hydrogen-bond acceptors (Lipinski definition) is 7. The molecule has 7 heteroatoms. The van der Waals surface area contributed by atoms with Gasteiger partial charge in [0.05, 0.1) is 5.69 Å². The number of benzene rings is 1. The Morgan fingerprint density at radius 2 is 1.92 bits per heavy atom. The largest absolute Gasteiger partial charge is 0.458 e. The van der Waals surface area contributed by atoms with Crippen LogP contribution in [0.15, 0.2) is 54.2 Å². The summed E-state index contributed by atoms with van der Waals surface area (Å²) < 4.78 is 5.28. The lowest BCUT2D eigenvalue weighted by Gasteiger charge is -2.15. The summed E-state index contributed by atoms with van der Waals surface area (Å²) in [5.74, 6) is 0.133. The quantitative estimate of drug-likeness (QED) is 0.643. The van der Waals surface area contributed by atoms with E-state index in [1.54, 1.807) is 30.4 Å². The van der Waals surface area contributed by atoms with Crippen molar-refractivity contribution in [2.75, 3.05) is 18.5 Å². The molecule has 2 aromatic heterocycles. The van der Waals surface area contributed by atoms with Gasteiger partial charge in [0.25, 0.3) is 0 Å². The molecule has 24 heavy (non-hydrogen) atoms. The standard InChI is InChI=1S/C17H16N4O2S/c1-21(17-18-8-5-9-19-17)10-15(22)23-11-14-12-24-16(20-14)13-6-3-2-4-7-13/h2-9,12H,10-11H2,1H3. The van der Waals surface area contributed by atoms with Gasteiger partial charge >= 0.3 is 5.97 Å². The molecule has 0 unspecified atom stereocenters. The summed E-state index contributed by atoms with van der Waals surface area (Å²) in [4.78, 5) is 26.2. The van der Waals surface area contributed by atoms with E-state index < -0.39 is 0 Å². The number of likely N-dealkylation sites (N-methyl/N-ethyl adjacent to an activating group) is 1. The molecule has 0 spiro atoms. The van der Waals surface area contributed by atoms with Crippen LogP contribution in [0, 0.1) is 0 Å². The number of esters is 1. The Morgan fingerprint density at radius 3 is 2.67 bits per heavy atom. The molecule has 0 saturated carbocycles. The van der Waals surface area contributed by atoms with Gasteiger partial charge in [-0.1, -0.05) is 30.3 Å². The van der Waals surface area contributed by atoms with Crippen LogP contribution >= 0.6 is 11.3 Å². The van der Waals surface area contributed by atoms with Gasteiger partial charge < -0.3 is 9.64 Å². The molecular formula is C17H16N4O2S. The summed E-state index contributed by atoms with van der Waals surface area (Å²) >= 11 is 1.53. The van der Waals surface area contributed by atoms with Crippen molar-refractivity contribution in [1.82, 2.24) is 15.0 Å². The molecular weight excluding hydrogens is 324 g/mol. The van der Waals surface area contributed by atoms with E-state index >= 15 is 0 Å². The van der Waals surface area contributed by atoms with Crippen molar-refractivity contribution in [1.29, 1.82) is 0 Å². The molecule has 6 nitrogen and oxygen atoms in total. The minimum atomic E-state index is -0.348. The predicted octanol–water partition coefficient (Wildman–Crippen LogP) is 2.78. The Balaban J connectivity index is 1.53. The van der Waals surface area contributed by atoms with Gasteiger partial charge in [-0.15, -0.1) is 11.3 Å². The summed E-state index contributed by atoms with van der Waals surface area (Å²) in [5.41, 5.74) is 1.80. The highest BCUT2D eigenvalue weighted by Crippen LogP contribution is 2.23. The topological polar surface area (TPSA) is 68.2 Å². The summed E-state index contributed by atoms with van der Waals surface area (Å²) in [6.07, 6.45) is 3.26. The molecule has 2 heterocycles. The van der Waals surface area contributed by atoms with Crippen molar-refractivity contribution < 1.29 is 9.53 Å². The van der Waals surface area contributed by atoms with Gasteiger partial charge in [0.1, 0.15) is 18.2 Å². The highest BCUT2D eigenvalue weighted by Gasteiger charge is 2.12. The lowest BCUT2D eigenvalue weighted by Crippen LogP contribution is -2.28. The molecule has 3 rings (SSSR count). The molecule has 0 radical (unpaired) electrons. The second-order valence-electron chi connectivity index (χ2n) is 5.08. The Morgan fingerprint density at radius 1 is 1.17 bits per heavy atom. The fourth-order valence-electron chi connectivity index (χ4n) is 2.04. The molecule has 0 N–H and O–H groups in total. The molecule has 0 aliphatic rings. The Kier molecular flexibility index (Phi) is 5.12. The monoisotopic (exact) mass is 340 g/mol. The maximum Gasteiger partial charge on any atom is 0.326 e. The third kappa shape index (κ3) is 4.14. The lowest BCUT2D eigenvalue weighted by molar-refractivity contribution is -0.143. The van der Waals surface area contributed by atoms with E-state index in [9.17, 15) is 4.79 Å². The average molecular weight is 340 g/mol. The van der Waals surface area contributed by atoms with Crippen LogP contribution in [0.4, 0.5) is 5.95 Å². The number of hydrogen-bond donors (Lipinski definition) is 0. The van der Waals surface area contributed by atoms with Gasteiger partial charge in [-0.2, -0.15) is 0 Å². The first-order chi connectivity index (χ1) is 11.7. The van der Waals surface area contributed by atoms with Crippen molar-refractivity contribution in [3.8, 4) is 10.6 Å². The summed E-state index contributed by atoms with van der Waals surface area (Å²) in [6.45, 7) is 0.241. The van der Waals surface area contributed by atoms with Crippen LogP contribution in [0.25, 0.3) is 10.6 Å². The number of nitrogens with zero attached hydrogens (tertiary/aromatic N) is 4. The fraction of sp³-hybridized carbons (Fsp3) is 0.176. The molecule has 0 aliphatic carbocycles. The van der Waals surface area contributed by atoms with Crippen molar-refractivity contribution >= 4 is 23.3 Å². The molecule has 1 aromatic carbocycles. The van der Waals surface area contributed by atoms with Gasteiger partial charge in [0.2, 0.25) is 5.95 Å². The minimum Gasteiger partial charge on any atom is -0.458 e. The van der Waals surface area contributed by atoms with E-state index in [1.165, 1.54) is 11.3 Å². The predicted molar refractivity (Wildman–Crippen MR) is 92.6 cm³/mol. The molecule has 0 saturated heterocycles. The van der Waals surface area contributed by atoms with Crippen LogP contribution in [0.2, 0.25) is 0 Å². The van der Waals surface area contributed by atoms with E-state index in [0.29, 0.717) is 5.95 Å². The first kappa shape index (κ1) is 16.1. The molecule has 3 aromatic rings. The number of carbonyl (C=O) groups is 1. The number of carbonyl (C=O) groups excluding carboxylic acids is 1. The number of anilines is 1. The highest BCUT2D eigenvalue weighted by atomic mass is 32.1. The van der Waals surface area contributed by atoms with Gasteiger partial charge in [0.15, 0.2) is 0 Å². The molecule has 0 aliphatic heterocycles. The molecule has 0 fully saturated rings. The smallest absolute Gasteiger partial charge is 0.326 e.